The molecule has 0 bridgehead atoms. The molecule has 0 atom stereocenters. The summed E-state index contributed by atoms with van der Waals surface area (Å²) >= 11 is 0. The maximum absolute atomic E-state index is 13.0. The van der Waals surface area contributed by atoms with Gasteiger partial charge in [0.25, 0.3) is 5.91 Å². The van der Waals surface area contributed by atoms with Gasteiger partial charge in [0.15, 0.2) is 0 Å². The second-order valence-electron chi connectivity index (χ2n) is 4.35. The molecule has 102 valence electrons. The fourth-order valence-electron chi connectivity index (χ4n) is 2.01. The van der Waals surface area contributed by atoms with Crippen LogP contribution in [-0.4, -0.2) is 64.5 Å². The Balaban J connectivity index is 1.94. The molecule has 1 fully saturated rings. The van der Waals surface area contributed by atoms with E-state index in [-0.39, 0.29) is 18.0 Å². The van der Waals surface area contributed by atoms with Crippen molar-refractivity contribution >= 4 is 11.9 Å². The third-order valence-electron chi connectivity index (χ3n) is 2.97. The lowest BCUT2D eigenvalue weighted by Crippen LogP contribution is -2.49. The van der Waals surface area contributed by atoms with Gasteiger partial charge in [0.2, 0.25) is 0 Å². The Hall–Kier alpha value is -2.02. The van der Waals surface area contributed by atoms with Crippen LogP contribution in [0.2, 0.25) is 0 Å². The number of pyridine rings is 1. The van der Waals surface area contributed by atoms with Crippen molar-refractivity contribution in [1.29, 1.82) is 0 Å². The van der Waals surface area contributed by atoms with Gasteiger partial charge in [0, 0.05) is 32.4 Å². The van der Waals surface area contributed by atoms with Gasteiger partial charge in [-0.2, -0.15) is 0 Å². The smallest absolute Gasteiger partial charge is 0.317 e. The summed E-state index contributed by atoms with van der Waals surface area (Å²) in [5, 5.41) is 8.68. The van der Waals surface area contributed by atoms with Crippen molar-refractivity contribution in [3.8, 4) is 0 Å². The first kappa shape index (κ1) is 13.4. The normalized spacial score (nSPS) is 16.4. The first-order valence-electron chi connectivity index (χ1n) is 5.90. The Morgan fingerprint density at radius 3 is 2.53 bits per heavy atom. The molecule has 1 aromatic heterocycles. The van der Waals surface area contributed by atoms with Crippen LogP contribution in [-0.2, 0) is 4.79 Å². The molecule has 0 spiro atoms. The number of aliphatic carboxylic acids is 1. The summed E-state index contributed by atoms with van der Waals surface area (Å²) in [6.07, 6.45) is 2.37. The van der Waals surface area contributed by atoms with Crippen LogP contribution in [0.4, 0.5) is 4.39 Å². The van der Waals surface area contributed by atoms with Crippen molar-refractivity contribution in [2.45, 2.75) is 0 Å². The molecule has 0 radical (unpaired) electrons. The van der Waals surface area contributed by atoms with Crippen LogP contribution in [0.5, 0.6) is 0 Å². The number of carboxylic acids is 1. The molecular weight excluding hydrogens is 253 g/mol. The van der Waals surface area contributed by atoms with E-state index in [1.165, 1.54) is 6.20 Å². The molecule has 1 N–H and O–H groups in total. The highest BCUT2D eigenvalue weighted by Gasteiger charge is 2.23. The fraction of sp³-hybridized carbons (Fsp3) is 0.417. The maximum atomic E-state index is 13.0. The van der Waals surface area contributed by atoms with Gasteiger partial charge in [-0.05, 0) is 6.07 Å². The van der Waals surface area contributed by atoms with E-state index < -0.39 is 11.8 Å². The number of hydrogen-bond acceptors (Lipinski definition) is 4. The predicted octanol–water partition coefficient (Wildman–Crippen LogP) is 0.0631. The third kappa shape index (κ3) is 3.47. The molecule has 1 amide bonds. The number of carbonyl (C=O) groups is 2. The zero-order valence-corrected chi connectivity index (χ0v) is 10.3. The number of rotatable bonds is 3. The van der Waals surface area contributed by atoms with Crippen LogP contribution in [0.1, 0.15) is 10.4 Å². The molecule has 0 unspecified atom stereocenters. The van der Waals surface area contributed by atoms with Gasteiger partial charge in [-0.25, -0.2) is 4.39 Å². The van der Waals surface area contributed by atoms with Gasteiger partial charge >= 0.3 is 5.97 Å². The Bertz CT molecular complexity index is 487. The number of nitrogens with zero attached hydrogens (tertiary/aromatic N) is 3. The quantitative estimate of drug-likeness (QED) is 0.838. The van der Waals surface area contributed by atoms with E-state index in [1.54, 1.807) is 9.80 Å². The predicted molar refractivity (Wildman–Crippen MR) is 64.2 cm³/mol. The number of piperazine rings is 1. The Morgan fingerprint density at radius 2 is 1.95 bits per heavy atom. The van der Waals surface area contributed by atoms with Crippen LogP contribution in [0.3, 0.4) is 0 Å². The average molecular weight is 267 g/mol. The highest BCUT2D eigenvalue weighted by molar-refractivity contribution is 5.94. The van der Waals surface area contributed by atoms with E-state index in [9.17, 15) is 14.0 Å². The first-order chi connectivity index (χ1) is 9.06. The van der Waals surface area contributed by atoms with Gasteiger partial charge in [-0.15, -0.1) is 0 Å². The van der Waals surface area contributed by atoms with E-state index in [1.807, 2.05) is 0 Å². The summed E-state index contributed by atoms with van der Waals surface area (Å²) in [5.74, 6) is -1.70. The van der Waals surface area contributed by atoms with Crippen LogP contribution in [0, 0.1) is 5.82 Å². The minimum Gasteiger partial charge on any atom is -0.480 e. The van der Waals surface area contributed by atoms with E-state index in [4.69, 9.17) is 5.11 Å². The fourth-order valence-corrected chi connectivity index (χ4v) is 2.01. The van der Waals surface area contributed by atoms with Crippen LogP contribution in [0.15, 0.2) is 18.5 Å². The zero-order valence-electron chi connectivity index (χ0n) is 10.3. The Labute approximate surface area is 109 Å². The molecule has 2 heterocycles. The van der Waals surface area contributed by atoms with Gasteiger partial charge in [0.1, 0.15) is 5.82 Å². The van der Waals surface area contributed by atoms with E-state index in [0.717, 1.165) is 12.3 Å². The Morgan fingerprint density at radius 1 is 1.26 bits per heavy atom. The van der Waals surface area contributed by atoms with E-state index in [0.29, 0.717) is 26.2 Å². The summed E-state index contributed by atoms with van der Waals surface area (Å²) in [7, 11) is 0. The molecule has 1 saturated heterocycles. The molecular formula is C12H14FN3O3. The molecule has 1 aliphatic heterocycles. The van der Waals surface area contributed by atoms with Gasteiger partial charge in [-0.3, -0.25) is 19.5 Å². The topological polar surface area (TPSA) is 73.7 Å². The molecule has 0 aliphatic carbocycles. The van der Waals surface area contributed by atoms with Crippen LogP contribution < -0.4 is 0 Å². The molecule has 1 aliphatic rings. The number of halogens is 1. The Kier molecular flexibility index (Phi) is 4.06. The molecule has 6 nitrogen and oxygen atoms in total. The number of carbonyl (C=O) groups excluding carboxylic acids is 1. The van der Waals surface area contributed by atoms with Crippen molar-refractivity contribution in [1.82, 2.24) is 14.8 Å². The van der Waals surface area contributed by atoms with Crippen molar-refractivity contribution in [2.75, 3.05) is 32.7 Å². The molecule has 0 saturated carbocycles. The lowest BCUT2D eigenvalue weighted by molar-refractivity contribution is -0.138. The average Bonchev–Trinajstić information content (AvgIpc) is 2.38. The number of hydrogen-bond donors (Lipinski definition) is 1. The zero-order chi connectivity index (χ0) is 13.8. The van der Waals surface area contributed by atoms with Gasteiger partial charge in [0.05, 0.1) is 18.3 Å². The number of amides is 1. The molecule has 19 heavy (non-hydrogen) atoms. The van der Waals surface area contributed by atoms with Crippen molar-refractivity contribution < 1.29 is 19.1 Å². The summed E-state index contributed by atoms with van der Waals surface area (Å²) in [6, 6.07) is 1.15. The van der Waals surface area contributed by atoms with Gasteiger partial charge in [-0.1, -0.05) is 0 Å². The second-order valence-corrected chi connectivity index (χ2v) is 4.35. The molecule has 7 heteroatoms. The van der Waals surface area contributed by atoms with E-state index in [2.05, 4.69) is 4.98 Å². The number of carboxylic acid groups (broad SMARTS) is 1. The van der Waals surface area contributed by atoms with Crippen molar-refractivity contribution in [3.05, 3.63) is 29.8 Å². The summed E-state index contributed by atoms with van der Waals surface area (Å²) in [4.78, 5) is 29.6. The standard InChI is InChI=1S/C12H14FN3O3/c13-10-5-9(6-14-7-10)12(19)16-3-1-15(2-4-16)8-11(17)18/h5-7H,1-4,8H2,(H,17,18). The highest BCUT2D eigenvalue weighted by Crippen LogP contribution is 2.09. The monoisotopic (exact) mass is 267 g/mol. The lowest BCUT2D eigenvalue weighted by Gasteiger charge is -2.33. The minimum atomic E-state index is -0.880. The SMILES string of the molecule is O=C(O)CN1CCN(C(=O)c2cncc(F)c2)CC1. The molecule has 2 rings (SSSR count). The third-order valence-corrected chi connectivity index (χ3v) is 2.97. The van der Waals surface area contributed by atoms with Crippen LogP contribution >= 0.6 is 0 Å². The number of aromatic nitrogens is 1. The summed E-state index contributed by atoms with van der Waals surface area (Å²) in [6.45, 7) is 1.84. The lowest BCUT2D eigenvalue weighted by atomic mass is 10.2. The minimum absolute atomic E-state index is 0.0243. The first-order valence-corrected chi connectivity index (χ1v) is 5.90. The maximum Gasteiger partial charge on any atom is 0.317 e. The summed E-state index contributed by atoms with van der Waals surface area (Å²) < 4.78 is 13.0. The largest absolute Gasteiger partial charge is 0.480 e. The highest BCUT2D eigenvalue weighted by atomic mass is 19.1. The summed E-state index contributed by atoms with van der Waals surface area (Å²) in [5.41, 5.74) is 0.215. The molecule has 0 aromatic carbocycles. The van der Waals surface area contributed by atoms with E-state index >= 15 is 0 Å². The van der Waals surface area contributed by atoms with Crippen molar-refractivity contribution in [2.24, 2.45) is 0 Å². The van der Waals surface area contributed by atoms with Gasteiger partial charge < -0.3 is 10.0 Å². The second kappa shape index (κ2) is 5.75. The molecule has 1 aromatic rings. The van der Waals surface area contributed by atoms with Crippen molar-refractivity contribution in [3.63, 3.8) is 0 Å². The van der Waals surface area contributed by atoms with Crippen LogP contribution in [0.25, 0.3) is 0 Å².